The van der Waals surface area contributed by atoms with Gasteiger partial charge in [0.15, 0.2) is 0 Å². The zero-order valence-electron chi connectivity index (χ0n) is 9.89. The summed E-state index contributed by atoms with van der Waals surface area (Å²) in [6.07, 6.45) is 6.24. The molecule has 1 heterocycles. The van der Waals surface area contributed by atoms with E-state index in [0.717, 1.165) is 12.8 Å². The zero-order valence-corrected chi connectivity index (χ0v) is 9.89. The molecule has 0 aliphatic carbocycles. The van der Waals surface area contributed by atoms with Crippen LogP contribution in [-0.4, -0.2) is 31.0 Å². The highest BCUT2D eigenvalue weighted by molar-refractivity contribution is 6.25. The van der Waals surface area contributed by atoms with Gasteiger partial charge in [0.2, 0.25) is 0 Å². The molecule has 1 rings (SSSR count). The van der Waals surface area contributed by atoms with E-state index in [4.69, 9.17) is 4.74 Å². The van der Waals surface area contributed by atoms with Gasteiger partial charge in [-0.2, -0.15) is 9.98 Å². The van der Waals surface area contributed by atoms with E-state index in [1.165, 1.54) is 12.4 Å². The summed E-state index contributed by atoms with van der Waals surface area (Å²) in [4.78, 5) is 27.1. The van der Waals surface area contributed by atoms with Crippen molar-refractivity contribution in [1.82, 2.24) is 0 Å². The van der Waals surface area contributed by atoms with Gasteiger partial charge in [0.1, 0.15) is 0 Å². The van der Waals surface area contributed by atoms with Gasteiger partial charge < -0.3 is 4.74 Å². The minimum atomic E-state index is -0.407. The molecular formula is C12H16N2O3. The maximum absolute atomic E-state index is 10.8. The molecule has 0 spiro atoms. The molecule has 0 radical (unpaired) electrons. The molecule has 0 unspecified atom stereocenters. The van der Waals surface area contributed by atoms with Crippen molar-refractivity contribution < 1.29 is 14.3 Å². The van der Waals surface area contributed by atoms with Crippen molar-refractivity contribution >= 4 is 24.4 Å². The predicted octanol–water partition coefficient (Wildman–Crippen LogP) is 2.33. The topological polar surface area (TPSA) is 68.1 Å². The largest absolute Gasteiger partial charge is 0.462 e. The fraction of sp³-hybridized carbons (Fsp3) is 0.333. The third-order valence-electron chi connectivity index (χ3n) is 1.57. The van der Waals surface area contributed by atoms with Gasteiger partial charge in [0, 0.05) is 5.57 Å². The van der Waals surface area contributed by atoms with Crippen LogP contribution in [0.15, 0.2) is 34.8 Å². The fourth-order valence-electron chi connectivity index (χ4n) is 0.743. The predicted molar refractivity (Wildman–Crippen MR) is 67.6 cm³/mol. The highest BCUT2D eigenvalue weighted by Gasteiger charge is 2.00. The molecule has 1 aliphatic heterocycles. The Balaban J connectivity index is 0.000000354. The van der Waals surface area contributed by atoms with Crippen molar-refractivity contribution in [3.05, 3.63) is 24.8 Å². The second-order valence-electron chi connectivity index (χ2n) is 3.19. The average Bonchev–Trinajstić information content (AvgIpc) is 2.76. The second kappa shape index (κ2) is 9.21. The third-order valence-corrected chi connectivity index (χ3v) is 1.57. The number of aliphatic imine (C=N–C) groups is 2. The lowest BCUT2D eigenvalue weighted by Gasteiger charge is -2.01. The van der Waals surface area contributed by atoms with Crippen molar-refractivity contribution in [2.75, 3.05) is 6.61 Å². The maximum Gasteiger partial charge on any atom is 0.367 e. The third kappa shape index (κ3) is 8.92. The second-order valence-corrected chi connectivity index (χ2v) is 3.19. The van der Waals surface area contributed by atoms with Gasteiger partial charge >= 0.3 is 12.0 Å². The molecule has 1 aliphatic rings. The minimum Gasteiger partial charge on any atom is -0.462 e. The van der Waals surface area contributed by atoms with E-state index in [9.17, 15) is 9.59 Å². The zero-order chi connectivity index (χ0) is 13.1. The Morgan fingerprint density at radius 1 is 1.47 bits per heavy atom. The Morgan fingerprint density at radius 2 is 2.06 bits per heavy atom. The van der Waals surface area contributed by atoms with Gasteiger partial charge in [-0.05, 0) is 19.8 Å². The molecule has 5 nitrogen and oxygen atoms in total. The van der Waals surface area contributed by atoms with Gasteiger partial charge in [0.05, 0.1) is 19.0 Å². The first-order chi connectivity index (χ1) is 8.07. The van der Waals surface area contributed by atoms with E-state index in [2.05, 4.69) is 23.1 Å². The molecule has 0 N–H and O–H groups in total. The molecule has 17 heavy (non-hydrogen) atoms. The fourth-order valence-corrected chi connectivity index (χ4v) is 0.743. The Bertz CT molecular complexity index is 343. The molecule has 0 aromatic rings. The van der Waals surface area contributed by atoms with E-state index in [-0.39, 0.29) is 5.97 Å². The van der Waals surface area contributed by atoms with Crippen LogP contribution in [0.25, 0.3) is 0 Å². The van der Waals surface area contributed by atoms with Gasteiger partial charge in [-0.15, -0.1) is 6.58 Å². The first-order valence-electron chi connectivity index (χ1n) is 5.12. The van der Waals surface area contributed by atoms with Crippen LogP contribution in [0.5, 0.6) is 0 Å². The van der Waals surface area contributed by atoms with Gasteiger partial charge in [-0.1, -0.05) is 12.7 Å². The van der Waals surface area contributed by atoms with Crippen LogP contribution in [0.2, 0.25) is 0 Å². The summed E-state index contributed by atoms with van der Waals surface area (Å²) in [6.45, 7) is 9.10. The smallest absolute Gasteiger partial charge is 0.367 e. The normalized spacial score (nSPS) is 11.7. The molecule has 0 aromatic carbocycles. The van der Waals surface area contributed by atoms with Crippen LogP contribution in [0, 0.1) is 0 Å². The molecule has 2 amide bonds. The monoisotopic (exact) mass is 236 g/mol. The van der Waals surface area contributed by atoms with Crippen LogP contribution in [0.1, 0.15) is 19.8 Å². The average molecular weight is 236 g/mol. The van der Waals surface area contributed by atoms with Crippen LogP contribution in [0.4, 0.5) is 4.79 Å². The van der Waals surface area contributed by atoms with E-state index < -0.39 is 6.03 Å². The van der Waals surface area contributed by atoms with E-state index in [1.54, 1.807) is 13.0 Å². The number of ether oxygens (including phenoxy) is 1. The highest BCUT2D eigenvalue weighted by Crippen LogP contribution is 1.95. The summed E-state index contributed by atoms with van der Waals surface area (Å²) in [5, 5.41) is 0. The number of hydrogen-bond donors (Lipinski definition) is 0. The standard InChI is InChI=1S/C9H14O2.C3H2N2O/c1-4-5-6-7-11-9(10)8(2)3;6-3-4-1-2-5-3/h4H,1-2,5-7H2,3H3;1-2H. The number of allylic oxidation sites excluding steroid dienone is 1. The summed E-state index contributed by atoms with van der Waals surface area (Å²) < 4.78 is 4.82. The van der Waals surface area contributed by atoms with Gasteiger partial charge in [-0.3, -0.25) is 0 Å². The number of esters is 1. The van der Waals surface area contributed by atoms with Crippen molar-refractivity contribution in [3.63, 3.8) is 0 Å². The maximum atomic E-state index is 10.8. The summed E-state index contributed by atoms with van der Waals surface area (Å²) >= 11 is 0. The van der Waals surface area contributed by atoms with Gasteiger partial charge in [0.25, 0.3) is 0 Å². The van der Waals surface area contributed by atoms with Crippen molar-refractivity contribution in [2.45, 2.75) is 19.8 Å². The molecule has 0 saturated heterocycles. The van der Waals surface area contributed by atoms with E-state index >= 15 is 0 Å². The first kappa shape index (κ1) is 15.0. The summed E-state index contributed by atoms with van der Waals surface area (Å²) in [7, 11) is 0. The number of unbranched alkanes of at least 4 members (excludes halogenated alkanes) is 1. The number of hydrogen-bond acceptors (Lipinski definition) is 3. The van der Waals surface area contributed by atoms with Crippen LogP contribution in [-0.2, 0) is 9.53 Å². The molecule has 0 bridgehead atoms. The molecule has 92 valence electrons. The molecule has 0 saturated carbocycles. The molecule has 0 aromatic heterocycles. The summed E-state index contributed by atoms with van der Waals surface area (Å²) in [6, 6.07) is -0.407. The van der Waals surface area contributed by atoms with Crippen LogP contribution >= 0.6 is 0 Å². The number of urea groups is 1. The van der Waals surface area contributed by atoms with E-state index in [0.29, 0.717) is 12.2 Å². The SMILES string of the molecule is C=CCCCOC(=O)C(=C)C.O=C1N=CC=N1. The van der Waals surface area contributed by atoms with Crippen molar-refractivity contribution in [2.24, 2.45) is 9.98 Å². The lowest BCUT2D eigenvalue weighted by atomic mass is 10.3. The number of rotatable bonds is 5. The number of amides is 2. The van der Waals surface area contributed by atoms with Crippen molar-refractivity contribution in [1.29, 1.82) is 0 Å². The quantitative estimate of drug-likeness (QED) is 0.318. The first-order valence-corrected chi connectivity index (χ1v) is 5.12. The number of carbonyl (C=O) groups is 2. The molecule has 5 heteroatoms. The Hall–Kier alpha value is -2.04. The minimum absolute atomic E-state index is 0.311. The number of nitrogens with zero attached hydrogens (tertiary/aromatic N) is 2. The Morgan fingerprint density at radius 3 is 2.41 bits per heavy atom. The van der Waals surface area contributed by atoms with Crippen molar-refractivity contribution in [3.8, 4) is 0 Å². The van der Waals surface area contributed by atoms with Crippen LogP contribution < -0.4 is 0 Å². The summed E-state index contributed by atoms with van der Waals surface area (Å²) in [5.74, 6) is -0.311. The van der Waals surface area contributed by atoms with Gasteiger partial charge in [-0.25, -0.2) is 9.59 Å². The molecule has 0 fully saturated rings. The number of carbonyl (C=O) groups excluding carboxylic acids is 2. The highest BCUT2D eigenvalue weighted by atomic mass is 16.5. The molecular weight excluding hydrogens is 220 g/mol. The Labute approximate surface area is 101 Å². The van der Waals surface area contributed by atoms with Crippen LogP contribution in [0.3, 0.4) is 0 Å². The summed E-state index contributed by atoms with van der Waals surface area (Å²) in [5.41, 5.74) is 0.448. The lowest BCUT2D eigenvalue weighted by Crippen LogP contribution is -2.05. The Kier molecular flexibility index (Phi) is 8.10. The molecule has 0 atom stereocenters. The lowest BCUT2D eigenvalue weighted by molar-refractivity contribution is -0.139. The van der Waals surface area contributed by atoms with E-state index in [1.807, 2.05) is 0 Å².